The summed E-state index contributed by atoms with van der Waals surface area (Å²) < 4.78 is 4.33. The summed E-state index contributed by atoms with van der Waals surface area (Å²) in [4.78, 5) is 32.8. The summed E-state index contributed by atoms with van der Waals surface area (Å²) in [5, 5.41) is 36.0. The summed E-state index contributed by atoms with van der Waals surface area (Å²) in [6.45, 7) is 0. The van der Waals surface area contributed by atoms with Crippen molar-refractivity contribution >= 4 is 17.9 Å². The van der Waals surface area contributed by atoms with E-state index < -0.39 is 36.2 Å². The summed E-state index contributed by atoms with van der Waals surface area (Å²) in [6, 6.07) is 7.50. The summed E-state index contributed by atoms with van der Waals surface area (Å²) in [7, 11) is 0. The number of hydrogen-bond donors (Lipinski definition) is 4. The van der Waals surface area contributed by atoms with Crippen LogP contribution in [0.2, 0.25) is 0 Å². The van der Waals surface area contributed by atoms with Crippen molar-refractivity contribution in [3.8, 4) is 0 Å². The number of aliphatic carboxylic acids is 2. The van der Waals surface area contributed by atoms with E-state index in [1.165, 1.54) is 24.3 Å². The van der Waals surface area contributed by atoms with Crippen LogP contribution < -0.4 is 0 Å². The molecule has 8 nitrogen and oxygen atoms in total. The van der Waals surface area contributed by atoms with Crippen LogP contribution in [0.3, 0.4) is 0 Å². The van der Waals surface area contributed by atoms with Crippen LogP contribution in [0.25, 0.3) is 0 Å². The van der Waals surface area contributed by atoms with Crippen LogP contribution in [0.1, 0.15) is 11.7 Å². The zero-order chi connectivity index (χ0) is 15.3. The van der Waals surface area contributed by atoms with E-state index in [1.807, 2.05) is 0 Å². The number of carbonyl (C=O) groups is 3. The van der Waals surface area contributed by atoms with Gasteiger partial charge in [0, 0.05) is 0 Å². The number of carbonyl (C=O) groups excluding carboxylic acids is 1. The zero-order valence-corrected chi connectivity index (χ0v) is 10.0. The number of aliphatic hydroxyl groups is 2. The third kappa shape index (κ3) is 3.77. The maximum absolute atomic E-state index is 11.5. The van der Waals surface area contributed by atoms with Crippen LogP contribution in [0.5, 0.6) is 0 Å². The van der Waals surface area contributed by atoms with Crippen LogP contribution in [0.15, 0.2) is 30.3 Å². The van der Waals surface area contributed by atoms with Crippen LogP contribution in [0.4, 0.5) is 0 Å². The molecule has 0 heterocycles. The quantitative estimate of drug-likeness (QED) is 0.495. The monoisotopic (exact) mass is 284 g/mol. The van der Waals surface area contributed by atoms with Crippen molar-refractivity contribution in [1.29, 1.82) is 0 Å². The molecule has 0 amide bonds. The Labute approximate surface area is 112 Å². The highest BCUT2D eigenvalue weighted by molar-refractivity contribution is 5.86. The van der Waals surface area contributed by atoms with Gasteiger partial charge in [0.05, 0.1) is 0 Å². The van der Waals surface area contributed by atoms with Gasteiger partial charge in [0.15, 0.2) is 12.2 Å². The minimum Gasteiger partial charge on any atom is -0.479 e. The molecule has 0 aliphatic rings. The first-order chi connectivity index (χ1) is 9.34. The number of carboxylic acids is 2. The number of benzene rings is 1. The number of esters is 1. The minimum atomic E-state index is -2.43. The van der Waals surface area contributed by atoms with E-state index in [9.17, 15) is 19.5 Å². The predicted molar refractivity (Wildman–Crippen MR) is 62.6 cm³/mol. The molecule has 0 spiro atoms. The van der Waals surface area contributed by atoms with Gasteiger partial charge in [-0.2, -0.15) is 0 Å². The molecule has 8 heteroatoms. The molecule has 1 aromatic rings. The predicted octanol–water partition coefficient (Wildman–Crippen LogP) is -0.838. The molecule has 3 atom stereocenters. The van der Waals surface area contributed by atoms with Crippen molar-refractivity contribution in [2.75, 3.05) is 0 Å². The molecule has 0 saturated carbocycles. The Morgan fingerprint density at radius 3 is 1.95 bits per heavy atom. The summed E-state index contributed by atoms with van der Waals surface area (Å²) in [5.41, 5.74) is 0.145. The van der Waals surface area contributed by atoms with E-state index in [1.54, 1.807) is 6.07 Å². The lowest BCUT2D eigenvalue weighted by molar-refractivity contribution is -0.183. The van der Waals surface area contributed by atoms with Crippen molar-refractivity contribution in [2.24, 2.45) is 0 Å². The fourth-order valence-electron chi connectivity index (χ4n) is 1.34. The summed E-state index contributed by atoms with van der Waals surface area (Å²) in [5.74, 6) is -5.07. The van der Waals surface area contributed by atoms with E-state index in [0.29, 0.717) is 0 Å². The molecule has 108 valence electrons. The summed E-state index contributed by atoms with van der Waals surface area (Å²) >= 11 is 0. The van der Waals surface area contributed by atoms with Gasteiger partial charge in [-0.15, -0.1) is 0 Å². The van der Waals surface area contributed by atoms with Gasteiger partial charge >= 0.3 is 17.9 Å². The highest BCUT2D eigenvalue weighted by Gasteiger charge is 2.37. The van der Waals surface area contributed by atoms with Crippen molar-refractivity contribution < 1.29 is 39.5 Å². The average Bonchev–Trinajstić information content (AvgIpc) is 2.43. The van der Waals surface area contributed by atoms with E-state index in [-0.39, 0.29) is 5.56 Å². The second-order valence-corrected chi connectivity index (χ2v) is 3.79. The normalized spacial score (nSPS) is 14.9. The maximum Gasteiger partial charge on any atom is 0.348 e. The van der Waals surface area contributed by atoms with Crippen LogP contribution >= 0.6 is 0 Å². The van der Waals surface area contributed by atoms with Crippen LogP contribution in [-0.2, 0) is 19.1 Å². The first-order valence-corrected chi connectivity index (χ1v) is 5.41. The first-order valence-electron chi connectivity index (χ1n) is 5.41. The van der Waals surface area contributed by atoms with Gasteiger partial charge in [0.25, 0.3) is 0 Å². The number of aliphatic hydroxyl groups excluding tert-OH is 2. The highest BCUT2D eigenvalue weighted by Crippen LogP contribution is 2.15. The Hall–Kier alpha value is -2.45. The molecule has 0 aliphatic carbocycles. The Morgan fingerprint density at radius 1 is 0.950 bits per heavy atom. The molecular weight excluding hydrogens is 272 g/mol. The van der Waals surface area contributed by atoms with E-state index >= 15 is 0 Å². The van der Waals surface area contributed by atoms with Crippen molar-refractivity contribution in [1.82, 2.24) is 0 Å². The van der Waals surface area contributed by atoms with E-state index in [0.717, 1.165) is 0 Å². The fourth-order valence-corrected chi connectivity index (χ4v) is 1.34. The molecule has 0 aliphatic heterocycles. The molecule has 0 radical (unpaired) electrons. The SMILES string of the molecule is O=C(OC(C(=O)O)C(O)C(=O)O)C(O)c1ccccc1. The lowest BCUT2D eigenvalue weighted by Gasteiger charge is -2.18. The van der Waals surface area contributed by atoms with Crippen molar-refractivity contribution in [3.05, 3.63) is 35.9 Å². The van der Waals surface area contributed by atoms with Gasteiger partial charge in [0.1, 0.15) is 0 Å². The van der Waals surface area contributed by atoms with Gasteiger partial charge in [-0.3, -0.25) is 0 Å². The Balaban J connectivity index is 2.81. The number of hydrogen-bond acceptors (Lipinski definition) is 6. The Morgan fingerprint density at radius 2 is 1.50 bits per heavy atom. The van der Waals surface area contributed by atoms with E-state index in [4.69, 9.17) is 15.3 Å². The molecule has 20 heavy (non-hydrogen) atoms. The molecular formula is C12H12O8. The second-order valence-electron chi connectivity index (χ2n) is 3.79. The van der Waals surface area contributed by atoms with E-state index in [2.05, 4.69) is 4.74 Å². The minimum absolute atomic E-state index is 0.145. The molecule has 1 rings (SSSR count). The first kappa shape index (κ1) is 15.6. The van der Waals surface area contributed by atoms with Gasteiger partial charge in [-0.25, -0.2) is 14.4 Å². The van der Waals surface area contributed by atoms with Crippen molar-refractivity contribution in [3.63, 3.8) is 0 Å². The third-order valence-electron chi connectivity index (χ3n) is 2.36. The number of ether oxygens (including phenoxy) is 1. The second kappa shape index (κ2) is 6.64. The number of rotatable bonds is 6. The maximum atomic E-state index is 11.5. The highest BCUT2D eigenvalue weighted by atomic mass is 16.6. The lowest BCUT2D eigenvalue weighted by Crippen LogP contribution is -2.43. The molecule has 4 N–H and O–H groups in total. The van der Waals surface area contributed by atoms with Gasteiger partial charge < -0.3 is 25.2 Å². The third-order valence-corrected chi connectivity index (χ3v) is 2.36. The van der Waals surface area contributed by atoms with Crippen LogP contribution in [0, 0.1) is 0 Å². The zero-order valence-electron chi connectivity index (χ0n) is 10.0. The Bertz CT molecular complexity index is 497. The molecule has 0 aromatic heterocycles. The van der Waals surface area contributed by atoms with Crippen molar-refractivity contribution in [2.45, 2.75) is 18.3 Å². The number of carboxylic acid groups (broad SMARTS) is 2. The largest absolute Gasteiger partial charge is 0.479 e. The molecule has 0 fully saturated rings. The molecule has 1 aromatic carbocycles. The standard InChI is InChI=1S/C12H12O8/c13-7(6-4-2-1-3-5-6)12(19)20-9(11(17)18)8(14)10(15)16/h1-5,7-9,13-14H,(H,15,16)(H,17,18). The smallest absolute Gasteiger partial charge is 0.348 e. The molecule has 0 bridgehead atoms. The molecule has 0 saturated heterocycles. The average molecular weight is 284 g/mol. The molecule has 3 unspecified atom stereocenters. The van der Waals surface area contributed by atoms with Gasteiger partial charge in [-0.05, 0) is 5.56 Å². The van der Waals surface area contributed by atoms with Gasteiger partial charge in [-0.1, -0.05) is 30.3 Å². The lowest BCUT2D eigenvalue weighted by atomic mass is 10.1. The van der Waals surface area contributed by atoms with Gasteiger partial charge in [0.2, 0.25) is 6.10 Å². The fraction of sp³-hybridized carbons (Fsp3) is 0.250. The Kier molecular flexibility index (Phi) is 5.18. The summed E-state index contributed by atoms with van der Waals surface area (Å²) in [6.07, 6.45) is -6.52. The topological polar surface area (TPSA) is 141 Å². The van der Waals surface area contributed by atoms with Crippen LogP contribution in [-0.4, -0.2) is 50.5 Å².